The van der Waals surface area contributed by atoms with Gasteiger partial charge in [0.2, 0.25) is 0 Å². The van der Waals surface area contributed by atoms with Gasteiger partial charge in [-0.15, -0.1) is 11.3 Å². The van der Waals surface area contributed by atoms with Gasteiger partial charge < -0.3 is 0 Å². The van der Waals surface area contributed by atoms with Crippen LogP contribution in [0, 0.1) is 6.92 Å². The smallest absolute Gasteiger partial charge is 0.267 e. The Bertz CT molecular complexity index is 1210. The summed E-state index contributed by atoms with van der Waals surface area (Å²) < 4.78 is 2.87. The number of aryl methyl sites for hydroxylation is 2. The third kappa shape index (κ3) is 3.20. The van der Waals surface area contributed by atoms with Gasteiger partial charge in [0.25, 0.3) is 5.56 Å². The van der Waals surface area contributed by atoms with Crippen molar-refractivity contribution in [2.45, 2.75) is 20.3 Å². The number of para-hydroxylation sites is 1. The van der Waals surface area contributed by atoms with Crippen LogP contribution < -0.4 is 5.56 Å². The molecule has 0 aliphatic heterocycles. The largest absolute Gasteiger partial charge is 0.282 e. The Morgan fingerprint density at radius 1 is 1.30 bits per heavy atom. The summed E-state index contributed by atoms with van der Waals surface area (Å²) in [5.74, 6) is 0. The molecule has 0 saturated carbocycles. The fourth-order valence-electron chi connectivity index (χ4n) is 2.74. The van der Waals surface area contributed by atoms with Crippen molar-refractivity contribution in [1.29, 1.82) is 0 Å². The van der Waals surface area contributed by atoms with Crippen LogP contribution in [0.1, 0.15) is 23.1 Å². The Morgan fingerprint density at radius 2 is 2.07 bits per heavy atom. The van der Waals surface area contributed by atoms with Crippen molar-refractivity contribution < 1.29 is 0 Å². The number of benzene rings is 1. The van der Waals surface area contributed by atoms with Crippen molar-refractivity contribution in [2.24, 2.45) is 5.10 Å². The second kappa shape index (κ2) is 7.09. The maximum absolute atomic E-state index is 12.6. The Balaban J connectivity index is 1.73. The number of rotatable bonds is 4. The van der Waals surface area contributed by atoms with Crippen molar-refractivity contribution in [3.63, 3.8) is 0 Å². The van der Waals surface area contributed by atoms with Crippen LogP contribution in [0.4, 0.5) is 0 Å². The summed E-state index contributed by atoms with van der Waals surface area (Å²) in [6.07, 6.45) is 3.85. The number of thiophene rings is 1. The molecule has 0 aliphatic carbocycles. The Morgan fingerprint density at radius 3 is 2.81 bits per heavy atom. The summed E-state index contributed by atoms with van der Waals surface area (Å²) in [7, 11) is 0. The molecule has 3 heterocycles. The lowest BCUT2D eigenvalue weighted by atomic mass is 10.3. The molecule has 136 valence electrons. The summed E-state index contributed by atoms with van der Waals surface area (Å²) in [6, 6.07) is 11.5. The molecule has 0 amide bonds. The number of halogens is 1. The second-order valence-electron chi connectivity index (χ2n) is 5.96. The third-order valence-electron chi connectivity index (χ3n) is 4.19. The molecule has 1 aromatic carbocycles. The van der Waals surface area contributed by atoms with Crippen LogP contribution in [0.15, 0.2) is 52.6 Å². The first-order chi connectivity index (χ1) is 13.1. The van der Waals surface area contributed by atoms with Gasteiger partial charge in [-0.1, -0.05) is 36.7 Å². The van der Waals surface area contributed by atoms with Crippen molar-refractivity contribution in [3.8, 4) is 5.69 Å². The van der Waals surface area contributed by atoms with Gasteiger partial charge in [0.05, 0.1) is 28.5 Å². The van der Waals surface area contributed by atoms with E-state index < -0.39 is 0 Å². The normalized spacial score (nSPS) is 11.7. The summed E-state index contributed by atoms with van der Waals surface area (Å²) >= 11 is 8.02. The summed E-state index contributed by atoms with van der Waals surface area (Å²) in [4.78, 5) is 18.8. The molecule has 8 heteroatoms. The van der Waals surface area contributed by atoms with Gasteiger partial charge in [-0.05, 0) is 31.5 Å². The molecule has 27 heavy (non-hydrogen) atoms. The van der Waals surface area contributed by atoms with Crippen LogP contribution in [-0.2, 0) is 6.42 Å². The van der Waals surface area contributed by atoms with Crippen LogP contribution in [0.25, 0.3) is 15.9 Å². The predicted octanol–water partition coefficient (Wildman–Crippen LogP) is 4.05. The van der Waals surface area contributed by atoms with E-state index >= 15 is 0 Å². The number of hydrogen-bond donors (Lipinski definition) is 0. The quantitative estimate of drug-likeness (QED) is 0.488. The molecule has 0 aliphatic rings. The minimum Gasteiger partial charge on any atom is -0.267 e. The van der Waals surface area contributed by atoms with Crippen molar-refractivity contribution in [2.75, 3.05) is 0 Å². The lowest BCUT2D eigenvalue weighted by Crippen LogP contribution is -2.16. The molecule has 3 aromatic heterocycles. The first kappa shape index (κ1) is 17.6. The van der Waals surface area contributed by atoms with E-state index in [1.54, 1.807) is 10.9 Å². The fraction of sp³-hybridized carbons (Fsp3) is 0.158. The van der Waals surface area contributed by atoms with E-state index in [1.807, 2.05) is 43.3 Å². The van der Waals surface area contributed by atoms with Gasteiger partial charge >= 0.3 is 0 Å². The average Bonchev–Trinajstić information content (AvgIpc) is 3.24. The Labute approximate surface area is 164 Å². The molecule has 0 N–H and O–H groups in total. The van der Waals surface area contributed by atoms with E-state index in [-0.39, 0.29) is 5.56 Å². The highest BCUT2D eigenvalue weighted by Gasteiger charge is 2.13. The summed E-state index contributed by atoms with van der Waals surface area (Å²) in [5, 5.41) is 9.77. The number of nitrogens with zero attached hydrogens (tertiary/aromatic N) is 5. The van der Waals surface area contributed by atoms with E-state index in [0.29, 0.717) is 16.1 Å². The molecular formula is C19H16ClN5OS. The molecule has 0 bridgehead atoms. The fourth-order valence-corrected chi connectivity index (χ4v) is 3.98. The van der Waals surface area contributed by atoms with Crippen molar-refractivity contribution >= 4 is 39.4 Å². The Kier molecular flexibility index (Phi) is 4.63. The van der Waals surface area contributed by atoms with E-state index in [9.17, 15) is 4.79 Å². The second-order valence-corrected chi connectivity index (χ2v) is 7.43. The van der Waals surface area contributed by atoms with E-state index in [0.717, 1.165) is 27.5 Å². The van der Waals surface area contributed by atoms with Crippen LogP contribution >= 0.6 is 22.9 Å². The van der Waals surface area contributed by atoms with Gasteiger partial charge in [0.1, 0.15) is 16.3 Å². The minimum absolute atomic E-state index is 0.198. The van der Waals surface area contributed by atoms with Crippen molar-refractivity contribution in [1.82, 2.24) is 19.4 Å². The molecule has 4 rings (SSSR count). The maximum Gasteiger partial charge on any atom is 0.282 e. The first-order valence-corrected chi connectivity index (χ1v) is 9.63. The SMILES string of the molecule is CCc1cc2c(=O)n(/N=C\c3c(C)nn(-c4ccccc4)c3Cl)cnc2s1. The lowest BCUT2D eigenvalue weighted by molar-refractivity contribution is 0.818. The highest BCUT2D eigenvalue weighted by Crippen LogP contribution is 2.23. The molecule has 0 atom stereocenters. The zero-order chi connectivity index (χ0) is 19.0. The van der Waals surface area contributed by atoms with Crippen LogP contribution in [0.3, 0.4) is 0 Å². The number of hydrogen-bond acceptors (Lipinski definition) is 5. The molecule has 0 fully saturated rings. The highest BCUT2D eigenvalue weighted by molar-refractivity contribution is 7.18. The van der Waals surface area contributed by atoms with Gasteiger partial charge in [-0.2, -0.15) is 14.9 Å². The molecule has 0 spiro atoms. The Hall–Kier alpha value is -2.77. The topological polar surface area (TPSA) is 65.1 Å². The standard InChI is InChI=1S/C19H16ClN5OS/c1-3-14-9-15-18(27-14)21-11-24(19(15)26)22-10-16-12(2)23-25(17(16)20)13-7-5-4-6-8-13/h4-11H,3H2,1-2H3/b22-10-. The highest BCUT2D eigenvalue weighted by atomic mass is 35.5. The molecule has 4 aromatic rings. The van der Waals surface area contributed by atoms with Crippen LogP contribution in [-0.4, -0.2) is 25.7 Å². The van der Waals surface area contributed by atoms with Crippen LogP contribution in [0.2, 0.25) is 5.15 Å². The zero-order valence-electron chi connectivity index (χ0n) is 14.8. The number of aromatic nitrogens is 4. The average molecular weight is 398 g/mol. The minimum atomic E-state index is -0.198. The molecule has 0 unspecified atom stereocenters. The van der Waals surface area contributed by atoms with Crippen molar-refractivity contribution in [3.05, 3.63) is 74.4 Å². The summed E-state index contributed by atoms with van der Waals surface area (Å²) in [6.45, 7) is 3.90. The van der Waals surface area contributed by atoms with Gasteiger partial charge in [-0.3, -0.25) is 4.79 Å². The molecular weight excluding hydrogens is 382 g/mol. The predicted molar refractivity (Wildman–Crippen MR) is 110 cm³/mol. The monoisotopic (exact) mass is 397 g/mol. The molecule has 6 nitrogen and oxygen atoms in total. The van der Waals surface area contributed by atoms with Gasteiger partial charge in [0, 0.05) is 4.88 Å². The first-order valence-electron chi connectivity index (χ1n) is 8.43. The van der Waals surface area contributed by atoms with Gasteiger partial charge in [0.15, 0.2) is 0 Å². The molecule has 0 saturated heterocycles. The third-order valence-corrected chi connectivity index (χ3v) is 5.75. The summed E-state index contributed by atoms with van der Waals surface area (Å²) in [5.41, 5.74) is 2.04. The van der Waals surface area contributed by atoms with E-state index in [4.69, 9.17) is 11.6 Å². The maximum atomic E-state index is 12.6. The zero-order valence-corrected chi connectivity index (χ0v) is 16.3. The van der Waals surface area contributed by atoms with E-state index in [2.05, 4.69) is 22.1 Å². The number of fused-ring (bicyclic) bond motifs is 1. The lowest BCUT2D eigenvalue weighted by Gasteiger charge is -2.02. The van der Waals surface area contributed by atoms with Crippen LogP contribution in [0.5, 0.6) is 0 Å². The van der Waals surface area contributed by atoms with Gasteiger partial charge in [-0.25, -0.2) is 9.67 Å². The molecule has 0 radical (unpaired) electrons. The van der Waals surface area contributed by atoms with E-state index in [1.165, 1.54) is 22.3 Å².